The van der Waals surface area contributed by atoms with Crippen molar-refractivity contribution in [3.63, 3.8) is 0 Å². The second kappa shape index (κ2) is 71.8. The Bertz CT molecular complexity index is 4280. The zero-order valence-corrected chi connectivity index (χ0v) is 86.5. The van der Waals surface area contributed by atoms with Crippen molar-refractivity contribution in [1.29, 1.82) is 0 Å². The predicted molar refractivity (Wildman–Crippen MR) is 534 cm³/mol. The summed E-state index contributed by atoms with van der Waals surface area (Å²) >= 11 is 4.03. The largest absolute Gasteiger partial charge is 0.481 e. The summed E-state index contributed by atoms with van der Waals surface area (Å²) in [6, 6.07) is -30.2. The molecule has 39 N–H and O–H groups in total. The highest BCUT2D eigenvalue weighted by Crippen LogP contribution is 2.23. The number of carbonyl (C=O) groups excluding carboxylic acids is 20. The summed E-state index contributed by atoms with van der Waals surface area (Å²) in [6.45, 7) is 10.5. The second-order valence-corrected chi connectivity index (χ2v) is 37.5. The van der Waals surface area contributed by atoms with Crippen LogP contribution in [0.2, 0.25) is 0 Å². The van der Waals surface area contributed by atoms with Crippen molar-refractivity contribution in [1.82, 2.24) is 101 Å². The maximum atomic E-state index is 14.6. The number of amides is 20. The van der Waals surface area contributed by atoms with E-state index < -0.39 is 321 Å². The number of hydrogen-bond acceptors (Lipinski definition) is 34. The van der Waals surface area contributed by atoms with E-state index in [-0.39, 0.29) is 141 Å². The first-order chi connectivity index (χ1) is 69.4. The number of nitrogens with one attached hydrogen (secondary N) is 18. The van der Waals surface area contributed by atoms with Crippen LogP contribution < -0.4 is 136 Å². The van der Waals surface area contributed by atoms with Crippen molar-refractivity contribution in [3.8, 4) is 0 Å². The van der Waals surface area contributed by atoms with Gasteiger partial charge >= 0.3 is 11.9 Å². The number of aliphatic carboxylic acids is 2. The molecule has 1 saturated heterocycles. The molecule has 22 atom stereocenters. The molecule has 0 aliphatic carbocycles. The molecule has 1 heterocycles. The van der Waals surface area contributed by atoms with Crippen molar-refractivity contribution < 1.29 is 141 Å². The number of rotatable bonds is 76. The minimum Gasteiger partial charge on any atom is -0.481 e. The Balaban J connectivity index is 3.49. The molecule has 0 saturated carbocycles. The number of carboxylic acid groups (broad SMARTS) is 2. The molecule has 838 valence electrons. The number of nitrogens with zero attached hydrogens (tertiary/aromatic N) is 1. The molecular formula is C91H164N26O29S. The average Bonchev–Trinajstić information content (AvgIpc) is 1.67. The fraction of sp³-hybridized carbons (Fsp3) is 0.758. The van der Waals surface area contributed by atoms with Crippen LogP contribution in [0.1, 0.15) is 217 Å². The van der Waals surface area contributed by atoms with E-state index in [1.54, 1.807) is 41.5 Å². The lowest BCUT2D eigenvalue weighted by molar-refractivity contribution is -0.143. The van der Waals surface area contributed by atoms with Crippen LogP contribution in [-0.2, 0) is 105 Å². The molecule has 0 radical (unpaired) electrons. The van der Waals surface area contributed by atoms with Crippen LogP contribution in [-0.4, -0.2) is 370 Å². The van der Waals surface area contributed by atoms with Gasteiger partial charge in [-0.25, -0.2) is 4.79 Å². The highest BCUT2D eigenvalue weighted by molar-refractivity contribution is 7.80. The maximum Gasteiger partial charge on any atom is 0.326 e. The Morgan fingerprint density at radius 1 is 0.367 bits per heavy atom. The monoisotopic (exact) mass is 2120 g/mol. The van der Waals surface area contributed by atoms with Crippen molar-refractivity contribution >= 4 is 143 Å². The smallest absolute Gasteiger partial charge is 0.326 e. The topological polar surface area (TPSA) is 919 Å². The standard InChI is InChI=1S/C91H164N26O29S/c1-11-48(7)70(87(141)106-57(30-31-68(125)126)77(131)104-56(27-16-21-35-95)79(133)116-72(51(10)122)89(143)115-71(49(8)12-2)88(142)112-62(42-119)81(135)105-54(25-14-19-33-93)76(130)100-50(9)73(127)107-58(91(145)146)28-17-22-36-96)114-84(138)64(44-121)109-83(137)61(41-118)110-85(139)65-29-23-37-117(65)90(144)60(38-46(3)4)101-67(124)40-99-75(129)53(24-13-18-32-92)103-80(134)59(39-66(98)123)108-82(136)63(43-120)111-86(140)69(47(5)6)113-78(132)55(26-15-20-34-94)102-74(128)52(97)45-147/h46-65,69-72,118-122,147H,11-45,92-97H2,1-10H3,(H2,98,123)(H,99,129)(H,100,130)(H,101,124)(H,102,128)(H,103,134)(H,104,131)(H,105,135)(H,106,141)(H,107,127)(H,108,136)(H,109,137)(H,110,139)(H,111,140)(H,112,142)(H,113,132)(H,114,138)(H,115,143)(H,116,133)(H,125,126)(H,145,146)/t48-,49-,50-,51+,52-,53-,54-,55-,56-,57-,58-,59-,60-,61-,62-,63-,64-,65-,69-,70-,71-,72-/m0/s1. The van der Waals surface area contributed by atoms with Gasteiger partial charge in [0.05, 0.1) is 51.5 Å². The summed E-state index contributed by atoms with van der Waals surface area (Å²) < 4.78 is 0. The first-order valence-corrected chi connectivity index (χ1v) is 50.5. The van der Waals surface area contributed by atoms with E-state index in [1.165, 1.54) is 20.8 Å². The van der Waals surface area contributed by atoms with Gasteiger partial charge in [-0.3, -0.25) is 101 Å². The number of nitrogens with two attached hydrogens (primary N) is 7. The van der Waals surface area contributed by atoms with Crippen LogP contribution in [0, 0.1) is 23.7 Å². The Morgan fingerprint density at radius 3 is 1.09 bits per heavy atom. The van der Waals surface area contributed by atoms with Gasteiger partial charge in [0.25, 0.3) is 0 Å². The molecule has 0 spiro atoms. The summed E-state index contributed by atoms with van der Waals surface area (Å²) in [5.74, 6) is -26.6. The third kappa shape index (κ3) is 48.8. The number of hydrogen-bond donors (Lipinski definition) is 33. The van der Waals surface area contributed by atoms with E-state index in [0.717, 1.165) is 11.8 Å². The number of thiol groups is 1. The molecule has 1 aliphatic heterocycles. The van der Waals surface area contributed by atoms with Crippen molar-refractivity contribution in [2.45, 2.75) is 338 Å². The zero-order valence-electron chi connectivity index (χ0n) is 85.7. The number of aliphatic hydroxyl groups excluding tert-OH is 5. The fourth-order valence-corrected chi connectivity index (χ4v) is 15.2. The number of likely N-dealkylation sites (tertiary alicyclic amines) is 1. The summed E-state index contributed by atoms with van der Waals surface area (Å²) in [5, 5.41) is 116. The van der Waals surface area contributed by atoms with E-state index in [0.29, 0.717) is 38.5 Å². The molecule has 20 amide bonds. The third-order valence-corrected chi connectivity index (χ3v) is 24.6. The van der Waals surface area contributed by atoms with Crippen LogP contribution in [0.15, 0.2) is 0 Å². The lowest BCUT2D eigenvalue weighted by atomic mass is 9.96. The summed E-state index contributed by atoms with van der Waals surface area (Å²) in [6.07, 6.45) is -0.986. The molecule has 0 aromatic rings. The summed E-state index contributed by atoms with van der Waals surface area (Å²) in [5.41, 5.74) is 39.7. The minimum absolute atomic E-state index is 0.0362. The van der Waals surface area contributed by atoms with E-state index in [1.807, 2.05) is 0 Å². The molecule has 0 aromatic carbocycles. The number of carboxylic acids is 2. The Hall–Kier alpha value is -11.7. The van der Waals surface area contributed by atoms with Crippen molar-refractivity contribution in [3.05, 3.63) is 0 Å². The van der Waals surface area contributed by atoms with Gasteiger partial charge in [0.1, 0.15) is 109 Å². The Labute approximate surface area is 860 Å². The predicted octanol–water partition coefficient (Wildman–Crippen LogP) is -11.8. The molecular weight excluding hydrogens is 1950 g/mol. The SMILES string of the molecule is CC[C@H](C)[C@H](NC(=O)[C@H](CO)NC(=O)[C@H](CO)NC(=O)[C@@H]1CCCN1C(=O)[C@H](CC(C)C)NC(=O)CNC(=O)[C@H](CCCCN)NC(=O)[C@H](CC(N)=O)NC(=O)[C@H](CO)NC(=O)[C@@H](NC(=O)[C@H](CCCCN)NC(=O)[C@@H](N)CS)C(C)C)C(=O)N[C@@H](CCC(=O)O)C(=O)N[C@@H](CCCCN)C(=O)N[C@H](C(=O)N[C@H](C(=O)N[C@@H](CO)C(=O)N[C@@H](CCCCN)C(=O)N[C@@H](C)C(=O)N[C@@H](CCCCN)C(=O)O)[C@@H](C)CC)[C@@H](C)O. The highest BCUT2D eigenvalue weighted by atomic mass is 32.1. The number of primary amides is 1. The molecule has 1 fully saturated rings. The van der Waals surface area contributed by atoms with Gasteiger partial charge in [-0.2, -0.15) is 12.6 Å². The molecule has 147 heavy (non-hydrogen) atoms. The highest BCUT2D eigenvalue weighted by Gasteiger charge is 2.44. The molecule has 0 bridgehead atoms. The van der Waals surface area contributed by atoms with Gasteiger partial charge in [0.15, 0.2) is 0 Å². The maximum absolute atomic E-state index is 14.6. The molecule has 55 nitrogen and oxygen atoms in total. The van der Waals surface area contributed by atoms with Crippen LogP contribution >= 0.6 is 12.6 Å². The quantitative estimate of drug-likeness (QED) is 0.0199. The molecule has 1 aliphatic rings. The van der Waals surface area contributed by atoms with E-state index in [2.05, 4.69) is 108 Å². The van der Waals surface area contributed by atoms with E-state index in [9.17, 15) is 141 Å². The lowest BCUT2D eigenvalue weighted by Crippen LogP contribution is -2.63. The van der Waals surface area contributed by atoms with Crippen molar-refractivity contribution in [2.75, 3.05) is 78.0 Å². The number of aliphatic hydroxyl groups is 5. The molecule has 0 unspecified atom stereocenters. The van der Waals surface area contributed by atoms with Gasteiger partial charge in [0, 0.05) is 18.7 Å². The van der Waals surface area contributed by atoms with Crippen molar-refractivity contribution in [2.24, 2.45) is 63.8 Å². The van der Waals surface area contributed by atoms with Gasteiger partial charge in [-0.05, 0) is 192 Å². The Morgan fingerprint density at radius 2 is 0.694 bits per heavy atom. The van der Waals surface area contributed by atoms with Gasteiger partial charge in [-0.15, -0.1) is 0 Å². The first kappa shape index (κ1) is 133. The van der Waals surface area contributed by atoms with E-state index in [4.69, 9.17) is 40.1 Å². The minimum atomic E-state index is -1.98. The Kier molecular flexibility index (Phi) is 65.1. The van der Waals surface area contributed by atoms with Crippen LogP contribution in [0.5, 0.6) is 0 Å². The number of carbonyl (C=O) groups is 22. The zero-order chi connectivity index (χ0) is 112. The van der Waals surface area contributed by atoms with Crippen LogP contribution in [0.25, 0.3) is 0 Å². The average molecular weight is 2120 g/mol. The van der Waals surface area contributed by atoms with Gasteiger partial charge < -0.3 is 176 Å². The van der Waals surface area contributed by atoms with E-state index >= 15 is 0 Å². The summed E-state index contributed by atoms with van der Waals surface area (Å²) in [4.78, 5) is 303. The first-order valence-electron chi connectivity index (χ1n) is 49.9. The van der Waals surface area contributed by atoms with Crippen LogP contribution in [0.3, 0.4) is 0 Å². The van der Waals surface area contributed by atoms with Gasteiger partial charge in [-0.1, -0.05) is 68.2 Å². The normalized spacial score (nSPS) is 16.6. The third-order valence-electron chi connectivity index (χ3n) is 24.2. The molecule has 1 rings (SSSR count). The molecule has 56 heteroatoms. The second-order valence-electron chi connectivity index (χ2n) is 37.1. The molecule has 0 aromatic heterocycles. The number of unbranched alkanes of at least 4 members (excludes halogenated alkanes) is 5. The lowest BCUT2D eigenvalue weighted by Gasteiger charge is -2.31. The summed E-state index contributed by atoms with van der Waals surface area (Å²) in [7, 11) is 0. The fourth-order valence-electron chi connectivity index (χ4n) is 15.1. The van der Waals surface area contributed by atoms with Crippen LogP contribution in [0.4, 0.5) is 0 Å². The van der Waals surface area contributed by atoms with Gasteiger partial charge in [0.2, 0.25) is 118 Å².